The molecule has 0 unspecified atom stereocenters. The summed E-state index contributed by atoms with van der Waals surface area (Å²) in [5, 5.41) is 7.27. The van der Waals surface area contributed by atoms with Crippen LogP contribution in [0.25, 0.3) is 5.69 Å². The molecule has 22 heavy (non-hydrogen) atoms. The van der Waals surface area contributed by atoms with Crippen molar-refractivity contribution in [3.63, 3.8) is 0 Å². The fourth-order valence-electron chi connectivity index (χ4n) is 1.94. The van der Waals surface area contributed by atoms with Crippen LogP contribution in [0.1, 0.15) is 26.3 Å². The third-order valence-electron chi connectivity index (χ3n) is 3.21. The topological polar surface area (TPSA) is 56.2 Å². The van der Waals surface area contributed by atoms with Crippen molar-refractivity contribution in [1.82, 2.24) is 15.1 Å². The minimum absolute atomic E-state index is 0.123. The lowest BCUT2D eigenvalue weighted by Crippen LogP contribution is -2.38. The highest BCUT2D eigenvalue weighted by Gasteiger charge is 2.17. The largest absolute Gasteiger partial charge is 0.463 e. The van der Waals surface area contributed by atoms with Crippen molar-refractivity contribution in [2.75, 3.05) is 6.54 Å². The van der Waals surface area contributed by atoms with Gasteiger partial charge in [0.05, 0.1) is 5.69 Å². The van der Waals surface area contributed by atoms with Gasteiger partial charge in [-0.2, -0.15) is 0 Å². The van der Waals surface area contributed by atoms with Gasteiger partial charge < -0.3 is 10.1 Å². The Morgan fingerprint density at radius 2 is 1.95 bits per heavy atom. The molecule has 1 amide bonds. The van der Waals surface area contributed by atoms with Crippen molar-refractivity contribution in [3.05, 3.63) is 42.1 Å². The van der Waals surface area contributed by atoms with E-state index in [0.29, 0.717) is 18.3 Å². The van der Waals surface area contributed by atoms with Gasteiger partial charge in [0.25, 0.3) is 5.91 Å². The van der Waals surface area contributed by atoms with E-state index in [0.717, 1.165) is 11.3 Å². The van der Waals surface area contributed by atoms with E-state index in [1.54, 1.807) is 11.6 Å². The van der Waals surface area contributed by atoms with Crippen LogP contribution < -0.4 is 10.1 Å². The summed E-state index contributed by atoms with van der Waals surface area (Å²) in [4.78, 5) is 12.0. The standard InChI is InChI=1S/C17H23N3O2/c1-12(2)10-18-16(21)14(4)22-17-13(3)11-20(19-17)15-8-6-5-7-9-15/h5-9,11-12,14H,10H2,1-4H3,(H,18,21)/t14-/m1/s1. The average molecular weight is 301 g/mol. The van der Waals surface area contributed by atoms with Crippen LogP contribution in [0.4, 0.5) is 0 Å². The van der Waals surface area contributed by atoms with E-state index in [-0.39, 0.29) is 5.91 Å². The molecule has 5 nitrogen and oxygen atoms in total. The zero-order valence-electron chi connectivity index (χ0n) is 13.5. The van der Waals surface area contributed by atoms with E-state index >= 15 is 0 Å². The van der Waals surface area contributed by atoms with E-state index in [4.69, 9.17) is 4.74 Å². The molecular formula is C17H23N3O2. The molecule has 0 saturated carbocycles. The Hall–Kier alpha value is -2.30. The maximum atomic E-state index is 12.0. The van der Waals surface area contributed by atoms with Crippen LogP contribution in [0.2, 0.25) is 0 Å². The summed E-state index contributed by atoms with van der Waals surface area (Å²) in [7, 11) is 0. The van der Waals surface area contributed by atoms with Crippen LogP contribution in [0.15, 0.2) is 36.5 Å². The minimum atomic E-state index is -0.573. The predicted molar refractivity (Wildman–Crippen MR) is 86.2 cm³/mol. The first-order valence-corrected chi connectivity index (χ1v) is 7.53. The molecule has 0 spiro atoms. The predicted octanol–water partition coefficient (Wildman–Crippen LogP) is 2.72. The van der Waals surface area contributed by atoms with Crippen molar-refractivity contribution >= 4 is 5.91 Å². The number of nitrogens with one attached hydrogen (secondary N) is 1. The van der Waals surface area contributed by atoms with Gasteiger partial charge in [0.2, 0.25) is 5.88 Å². The van der Waals surface area contributed by atoms with E-state index in [1.807, 2.05) is 43.5 Å². The molecule has 2 rings (SSSR count). The Labute approximate surface area is 131 Å². The van der Waals surface area contributed by atoms with Crippen LogP contribution in [0, 0.1) is 12.8 Å². The van der Waals surface area contributed by atoms with E-state index in [9.17, 15) is 4.79 Å². The lowest BCUT2D eigenvalue weighted by atomic mass is 10.2. The Morgan fingerprint density at radius 1 is 1.27 bits per heavy atom. The highest BCUT2D eigenvalue weighted by atomic mass is 16.5. The smallest absolute Gasteiger partial charge is 0.260 e. The zero-order valence-corrected chi connectivity index (χ0v) is 13.5. The molecule has 1 aromatic carbocycles. The van der Waals surface area contributed by atoms with Crippen molar-refractivity contribution in [3.8, 4) is 11.6 Å². The Balaban J connectivity index is 2.04. The molecule has 0 fully saturated rings. The molecule has 0 aliphatic heterocycles. The zero-order chi connectivity index (χ0) is 16.1. The summed E-state index contributed by atoms with van der Waals surface area (Å²) in [6.45, 7) is 8.40. The Morgan fingerprint density at radius 3 is 2.59 bits per heavy atom. The number of rotatable bonds is 6. The second kappa shape index (κ2) is 7.11. The fraction of sp³-hybridized carbons (Fsp3) is 0.412. The number of aryl methyl sites for hydroxylation is 1. The van der Waals surface area contributed by atoms with Crippen molar-refractivity contribution in [1.29, 1.82) is 0 Å². The summed E-state index contributed by atoms with van der Waals surface area (Å²) in [6, 6.07) is 9.80. The lowest BCUT2D eigenvalue weighted by Gasteiger charge is -2.14. The molecule has 2 aromatic rings. The van der Waals surface area contributed by atoms with E-state index in [1.165, 1.54) is 0 Å². The summed E-state index contributed by atoms with van der Waals surface area (Å²) >= 11 is 0. The van der Waals surface area contributed by atoms with Gasteiger partial charge in [-0.3, -0.25) is 4.79 Å². The van der Waals surface area contributed by atoms with Crippen molar-refractivity contribution in [2.45, 2.75) is 33.8 Å². The minimum Gasteiger partial charge on any atom is -0.463 e. The highest BCUT2D eigenvalue weighted by Crippen LogP contribution is 2.19. The third-order valence-corrected chi connectivity index (χ3v) is 3.21. The van der Waals surface area contributed by atoms with E-state index in [2.05, 4.69) is 24.3 Å². The molecular weight excluding hydrogens is 278 g/mol. The van der Waals surface area contributed by atoms with Gasteiger partial charge in [-0.15, -0.1) is 5.10 Å². The maximum Gasteiger partial charge on any atom is 0.260 e. The number of hydrogen-bond donors (Lipinski definition) is 1. The van der Waals surface area contributed by atoms with Gasteiger partial charge in [0.1, 0.15) is 0 Å². The van der Waals surface area contributed by atoms with Gasteiger partial charge in [-0.1, -0.05) is 32.0 Å². The molecule has 1 N–H and O–H groups in total. The summed E-state index contributed by atoms with van der Waals surface area (Å²) in [5.74, 6) is 0.772. The molecule has 1 atom stereocenters. The molecule has 1 aromatic heterocycles. The van der Waals surface area contributed by atoms with Gasteiger partial charge in [0.15, 0.2) is 6.10 Å². The van der Waals surface area contributed by atoms with Crippen LogP contribution in [-0.4, -0.2) is 28.3 Å². The Bertz CT molecular complexity index is 620. The second-order valence-corrected chi connectivity index (χ2v) is 5.80. The number of carbonyl (C=O) groups is 1. The van der Waals surface area contributed by atoms with Crippen LogP contribution >= 0.6 is 0 Å². The molecule has 0 saturated heterocycles. The number of carbonyl (C=O) groups excluding carboxylic acids is 1. The van der Waals surface area contributed by atoms with Crippen LogP contribution in [0.3, 0.4) is 0 Å². The molecule has 1 heterocycles. The van der Waals surface area contributed by atoms with E-state index < -0.39 is 6.10 Å². The average Bonchev–Trinajstić information content (AvgIpc) is 2.86. The van der Waals surface area contributed by atoms with Gasteiger partial charge in [-0.05, 0) is 31.9 Å². The first kappa shape index (κ1) is 16.1. The maximum absolute atomic E-state index is 12.0. The summed E-state index contributed by atoms with van der Waals surface area (Å²) < 4.78 is 7.45. The number of hydrogen-bond acceptors (Lipinski definition) is 3. The van der Waals surface area contributed by atoms with Gasteiger partial charge >= 0.3 is 0 Å². The van der Waals surface area contributed by atoms with Gasteiger partial charge in [0, 0.05) is 18.3 Å². The van der Waals surface area contributed by atoms with Crippen LogP contribution in [0.5, 0.6) is 5.88 Å². The number of amides is 1. The highest BCUT2D eigenvalue weighted by molar-refractivity contribution is 5.80. The first-order valence-electron chi connectivity index (χ1n) is 7.53. The molecule has 0 aliphatic rings. The SMILES string of the molecule is Cc1cn(-c2ccccc2)nc1O[C@H](C)C(=O)NCC(C)C. The molecule has 0 radical (unpaired) electrons. The first-order chi connectivity index (χ1) is 10.5. The molecule has 0 bridgehead atoms. The normalized spacial score (nSPS) is 12.2. The second-order valence-electron chi connectivity index (χ2n) is 5.80. The quantitative estimate of drug-likeness (QED) is 0.892. The lowest BCUT2D eigenvalue weighted by molar-refractivity contribution is -0.127. The van der Waals surface area contributed by atoms with Crippen molar-refractivity contribution in [2.24, 2.45) is 5.92 Å². The number of para-hydroxylation sites is 1. The van der Waals surface area contributed by atoms with Gasteiger partial charge in [-0.25, -0.2) is 4.68 Å². The van der Waals surface area contributed by atoms with Crippen LogP contribution in [-0.2, 0) is 4.79 Å². The molecule has 5 heteroatoms. The Kier molecular flexibility index (Phi) is 5.20. The molecule has 0 aliphatic carbocycles. The fourth-order valence-corrected chi connectivity index (χ4v) is 1.94. The number of aromatic nitrogens is 2. The van der Waals surface area contributed by atoms with Crippen molar-refractivity contribution < 1.29 is 9.53 Å². The summed E-state index contributed by atoms with van der Waals surface area (Å²) in [5.41, 5.74) is 1.85. The number of nitrogens with zero attached hydrogens (tertiary/aromatic N) is 2. The number of ether oxygens (including phenoxy) is 1. The summed E-state index contributed by atoms with van der Waals surface area (Å²) in [6.07, 6.45) is 1.32. The monoisotopic (exact) mass is 301 g/mol. The molecule has 118 valence electrons. The number of benzene rings is 1. The third kappa shape index (κ3) is 4.10.